The van der Waals surface area contributed by atoms with E-state index in [1.165, 1.54) is 0 Å². The van der Waals surface area contributed by atoms with Crippen molar-refractivity contribution in [1.82, 2.24) is 0 Å². The maximum atomic E-state index is 0. The second-order valence-corrected chi connectivity index (χ2v) is 0. The Morgan fingerprint density at radius 1 is 0.143 bits per heavy atom. The number of hydrogen-bond acceptors (Lipinski definition) is 0. The van der Waals surface area contributed by atoms with E-state index in [1.807, 2.05) is 0 Å². The van der Waals surface area contributed by atoms with Crippen molar-refractivity contribution in [2.24, 2.45) is 0 Å². The van der Waals surface area contributed by atoms with Crippen molar-refractivity contribution in [1.29, 1.82) is 0 Å². The highest BCUT2D eigenvalue weighted by molar-refractivity contribution is 5.76. The minimum atomic E-state index is 0. The first-order chi connectivity index (χ1) is 0. The van der Waals surface area contributed by atoms with Gasteiger partial charge >= 0.3 is 0 Å². The fourth-order valence-corrected chi connectivity index (χ4v) is 0. The van der Waals surface area contributed by atoms with Crippen LogP contribution in [0.1, 0.15) is 0 Å². The highest BCUT2D eigenvalue weighted by atomic mass is 10.8. The summed E-state index contributed by atoms with van der Waals surface area (Å²) in [5.74, 6) is 0. The van der Waals surface area contributed by atoms with Crippen LogP contribution in [0.5, 0.6) is 0 Å². The Kier molecular flexibility index (Phi) is 200000. The zero-order valence-electron chi connectivity index (χ0n) is 4.04. The molecule has 0 saturated carbocycles. The first-order valence-electron chi connectivity index (χ1n) is 0. The predicted octanol–water partition coefficient (Wildman–Crippen LogP) is -2.67. The van der Waals surface area contributed by atoms with Gasteiger partial charge in [-0.05, 0) is 0 Å². The van der Waals surface area contributed by atoms with Gasteiger partial charge in [0.25, 0.3) is 0 Å². The summed E-state index contributed by atoms with van der Waals surface area (Å²) < 4.78 is 0. The largest absolute Gasteiger partial charge is 0 e. The first-order valence-corrected chi connectivity index (χ1v) is 0. The van der Waals surface area contributed by atoms with Crippen molar-refractivity contribution < 1.29 is 0 Å². The molecule has 0 rings (SSSR count). The molecule has 0 aromatic carbocycles. The number of hydrogen-bond donors (Lipinski definition) is 0. The van der Waals surface area contributed by atoms with E-state index in [2.05, 4.69) is 0 Å². The lowest BCUT2D eigenvalue weighted by Gasteiger charge is -0.00100. The first kappa shape index (κ1) is 1500. The Labute approximate surface area is 59.6 Å². The average Bonchev–Trinajstić information content (AvgIpc) is 0. The van der Waals surface area contributed by atoms with Gasteiger partial charge in [-0.2, -0.15) is 0 Å². The molecule has 0 aliphatic rings. The van der Waals surface area contributed by atoms with Gasteiger partial charge in [0.05, 0.1) is 0 Å². The van der Waals surface area contributed by atoms with Crippen LogP contribution in [-0.2, 0) is 0 Å². The van der Waals surface area contributed by atoms with Crippen LogP contribution in [0.2, 0.25) is 0 Å². The lowest BCUT2D eigenvalue weighted by Crippen LogP contribution is -0.382. The van der Waals surface area contributed by atoms with Gasteiger partial charge in [-0.3, -0.25) is 0 Å². The molecule has 7 heavy (non-hydrogen) atoms. The molecule has 0 bridgehead atoms. The molecule has 0 fully saturated rings. The molecule has 0 spiro atoms. The molecule has 7 heteroatoms. The monoisotopic (exact) mass is 77.1 g/mol. The Morgan fingerprint density at radius 3 is 0.143 bits per heavy atom. The van der Waals surface area contributed by atoms with E-state index in [4.69, 9.17) is 0 Å². The van der Waals surface area contributed by atoms with E-state index in [1.54, 1.807) is 0 Å². The lowest BCUT2D eigenvalue weighted by atomic mass is 10.8. The van der Waals surface area contributed by atoms with Gasteiger partial charge in [-0.1, -0.05) is 0 Å². The van der Waals surface area contributed by atoms with Crippen molar-refractivity contribution in [3.8, 4) is 0 Å². The second-order valence-electron chi connectivity index (χ2n) is 0. The molecule has 0 N–H and O–H groups in total. The topological polar surface area (TPSA) is 0 Å². The van der Waals surface area contributed by atoms with Crippen LogP contribution >= 0.6 is 0 Å². The summed E-state index contributed by atoms with van der Waals surface area (Å²) in [6, 6.07) is 0. The molecular weight excluding hydrogens is 75.7 g/mol. The smallest absolute Gasteiger partial charge is 0 e. The molecule has 0 amide bonds. The third-order valence-corrected chi connectivity index (χ3v) is 0. The van der Waals surface area contributed by atoms with Crippen LogP contribution in [0, 0.1) is 0 Å². The fourth-order valence-electron chi connectivity index (χ4n) is 0. The molecule has 21 radical (unpaired) electrons. The summed E-state index contributed by atoms with van der Waals surface area (Å²) in [5.41, 5.74) is 0. The van der Waals surface area contributed by atoms with Gasteiger partial charge in [0, 0.05) is 58.9 Å². The van der Waals surface area contributed by atoms with Crippen molar-refractivity contribution in [3.63, 3.8) is 0 Å². The average molecular weight is 75.7 g/mol. The summed E-state index contributed by atoms with van der Waals surface area (Å²) in [7, 11) is 0. The highest BCUT2D eigenvalue weighted by Crippen LogP contribution is -0.375. The minimum absolute atomic E-state index is 0. The minimum Gasteiger partial charge on any atom is 0 e. The Morgan fingerprint density at radius 2 is 0.143 bits per heavy atom. The van der Waals surface area contributed by atoms with E-state index in [0.29, 0.717) is 0 Å². The van der Waals surface area contributed by atoms with E-state index in [-0.39, 0.29) is 58.9 Å². The maximum Gasteiger partial charge on any atom is 0 e. The third-order valence-electron chi connectivity index (χ3n) is 0. The van der Waals surface area contributed by atoms with Crippen LogP contribution in [0.3, 0.4) is 0 Å². The van der Waals surface area contributed by atoms with Crippen LogP contribution in [0.15, 0.2) is 0 Å². The molecule has 0 aromatic rings. The van der Waals surface area contributed by atoms with Gasteiger partial charge in [0.1, 0.15) is 0 Å². The molecule has 0 aliphatic heterocycles. The van der Waals surface area contributed by atoms with Crippen molar-refractivity contribution in [2.75, 3.05) is 0 Å². The summed E-state index contributed by atoms with van der Waals surface area (Å²) in [6.45, 7) is 0. The normalized spacial score (nSPS) is 0. The van der Waals surface area contributed by atoms with Gasteiger partial charge in [-0.15, -0.1) is 0 Å². The van der Waals surface area contributed by atoms with E-state index < -0.39 is 0 Å². The van der Waals surface area contributed by atoms with Crippen molar-refractivity contribution in [2.45, 2.75) is 0 Å². The molecular formula is B7. The third kappa shape index (κ3) is 620. The standard InChI is InChI=1S/7B. The Hall–Kier alpha value is 0.455. The molecule has 0 saturated heterocycles. The second kappa shape index (κ2) is 929. The number of rotatable bonds is 0. The summed E-state index contributed by atoms with van der Waals surface area (Å²) in [6.07, 6.45) is 0. The highest BCUT2D eigenvalue weighted by Gasteiger charge is 0.00600. The predicted molar refractivity (Wildman–Crippen MR) is 40.3 cm³/mol. The SMILES string of the molecule is [B].[B].[B].[B].[B].[B].[B]. The molecule has 21 valence electrons. The van der Waals surface area contributed by atoms with Gasteiger partial charge < -0.3 is 0 Å². The zero-order valence-corrected chi connectivity index (χ0v) is 4.04. The molecule has 0 unspecified atom stereocenters. The van der Waals surface area contributed by atoms with Gasteiger partial charge in [-0.25, -0.2) is 0 Å². The molecule has 0 heterocycles. The Balaban J connectivity index is 0. The molecule has 0 nitrogen and oxygen atoms in total. The van der Waals surface area contributed by atoms with Crippen LogP contribution in [0.25, 0.3) is 0 Å². The van der Waals surface area contributed by atoms with Crippen LogP contribution in [-0.4, -0.2) is 58.9 Å². The van der Waals surface area contributed by atoms with Gasteiger partial charge in [0.15, 0.2) is 0 Å². The summed E-state index contributed by atoms with van der Waals surface area (Å²) in [5, 5.41) is 0. The molecule has 0 atom stereocenters. The summed E-state index contributed by atoms with van der Waals surface area (Å²) >= 11 is 0. The fraction of sp³-hybridized carbons (Fsp3) is 0. The van der Waals surface area contributed by atoms with E-state index >= 15 is 0 Å². The molecule has 0 aromatic heterocycles. The van der Waals surface area contributed by atoms with Crippen LogP contribution in [0.4, 0.5) is 0 Å². The van der Waals surface area contributed by atoms with Crippen molar-refractivity contribution in [3.05, 3.63) is 0 Å². The van der Waals surface area contributed by atoms with E-state index in [0.717, 1.165) is 0 Å². The Bertz CT molecular complexity index is 0. The van der Waals surface area contributed by atoms with Gasteiger partial charge in [0.2, 0.25) is 0 Å². The maximum absolute atomic E-state index is 0. The zero-order chi connectivity index (χ0) is 0. The molecule has 0 aliphatic carbocycles. The lowest BCUT2D eigenvalue weighted by molar-refractivity contribution is 5.75. The van der Waals surface area contributed by atoms with Crippen LogP contribution < -0.4 is 0 Å². The summed E-state index contributed by atoms with van der Waals surface area (Å²) in [4.78, 5) is 0. The van der Waals surface area contributed by atoms with E-state index in [9.17, 15) is 0 Å². The van der Waals surface area contributed by atoms with Crippen molar-refractivity contribution >= 4 is 58.9 Å². The quantitative estimate of drug-likeness (QED) is 0.276.